The van der Waals surface area contributed by atoms with Gasteiger partial charge in [0, 0.05) is 10.5 Å². The molecule has 17 heavy (non-hydrogen) atoms. The van der Waals surface area contributed by atoms with E-state index in [-0.39, 0.29) is 6.04 Å². The van der Waals surface area contributed by atoms with Gasteiger partial charge in [0.15, 0.2) is 0 Å². The van der Waals surface area contributed by atoms with Crippen LogP contribution in [0.1, 0.15) is 37.3 Å². The lowest BCUT2D eigenvalue weighted by molar-refractivity contribution is 0.261. The van der Waals surface area contributed by atoms with E-state index in [0.717, 1.165) is 22.6 Å². The first kappa shape index (κ1) is 12.9. The molecule has 0 aliphatic heterocycles. The first-order valence-corrected chi connectivity index (χ1v) is 6.83. The van der Waals surface area contributed by atoms with Crippen molar-refractivity contribution >= 4 is 15.9 Å². The molecule has 1 saturated carbocycles. The van der Waals surface area contributed by atoms with Crippen LogP contribution in [0.25, 0.3) is 0 Å². The van der Waals surface area contributed by atoms with Crippen LogP contribution in [-0.4, -0.2) is 7.11 Å². The molecule has 0 heterocycles. The van der Waals surface area contributed by atoms with Gasteiger partial charge < -0.3 is 4.74 Å². The summed E-state index contributed by atoms with van der Waals surface area (Å²) >= 11 is 3.58. The molecule has 1 aromatic carbocycles. The van der Waals surface area contributed by atoms with Crippen molar-refractivity contribution < 1.29 is 4.74 Å². The summed E-state index contributed by atoms with van der Waals surface area (Å²) in [5.41, 5.74) is 4.10. The van der Waals surface area contributed by atoms with E-state index in [4.69, 9.17) is 10.6 Å². The molecular formula is C13H19BrN2O. The molecule has 1 aliphatic rings. The molecule has 1 aromatic rings. The number of hydrogen-bond donors (Lipinski definition) is 2. The Morgan fingerprint density at radius 3 is 2.82 bits per heavy atom. The molecule has 0 spiro atoms. The molecule has 3 nitrogen and oxygen atoms in total. The fourth-order valence-electron chi connectivity index (χ4n) is 2.26. The lowest BCUT2D eigenvalue weighted by Crippen LogP contribution is -2.31. The largest absolute Gasteiger partial charge is 0.497 e. The van der Waals surface area contributed by atoms with Crippen molar-refractivity contribution in [2.75, 3.05) is 7.11 Å². The SMILES string of the molecule is COc1ccc(Br)c(C(CC2CCC2)NN)c1. The minimum absolute atomic E-state index is 0.199. The number of hydrogen-bond acceptors (Lipinski definition) is 3. The summed E-state index contributed by atoms with van der Waals surface area (Å²) in [7, 11) is 1.68. The fourth-order valence-corrected chi connectivity index (χ4v) is 2.79. The van der Waals surface area contributed by atoms with Gasteiger partial charge in [-0.25, -0.2) is 0 Å². The zero-order valence-electron chi connectivity index (χ0n) is 10.1. The van der Waals surface area contributed by atoms with Gasteiger partial charge in [0.25, 0.3) is 0 Å². The third-order valence-corrected chi connectivity index (χ3v) is 4.30. The van der Waals surface area contributed by atoms with E-state index in [0.29, 0.717) is 0 Å². The van der Waals surface area contributed by atoms with Gasteiger partial charge in [-0.15, -0.1) is 0 Å². The normalized spacial score (nSPS) is 17.6. The summed E-state index contributed by atoms with van der Waals surface area (Å²) in [6.07, 6.45) is 5.13. The van der Waals surface area contributed by atoms with Crippen molar-refractivity contribution in [1.82, 2.24) is 5.43 Å². The van der Waals surface area contributed by atoms with Gasteiger partial charge in [0.1, 0.15) is 5.75 Å². The van der Waals surface area contributed by atoms with E-state index in [2.05, 4.69) is 21.4 Å². The highest BCUT2D eigenvalue weighted by Gasteiger charge is 2.23. The highest BCUT2D eigenvalue weighted by Crippen LogP contribution is 2.37. The second-order valence-corrected chi connectivity index (χ2v) is 5.49. The third-order valence-electron chi connectivity index (χ3n) is 3.57. The topological polar surface area (TPSA) is 47.3 Å². The van der Waals surface area contributed by atoms with Crippen molar-refractivity contribution in [3.05, 3.63) is 28.2 Å². The van der Waals surface area contributed by atoms with E-state index >= 15 is 0 Å². The monoisotopic (exact) mass is 298 g/mol. The maximum Gasteiger partial charge on any atom is 0.119 e. The third kappa shape index (κ3) is 3.00. The zero-order valence-corrected chi connectivity index (χ0v) is 11.7. The van der Waals surface area contributed by atoms with Gasteiger partial charge in [-0.05, 0) is 36.1 Å². The van der Waals surface area contributed by atoms with Gasteiger partial charge >= 0.3 is 0 Å². The Labute approximate surface area is 111 Å². The van der Waals surface area contributed by atoms with E-state index in [1.54, 1.807) is 7.11 Å². The van der Waals surface area contributed by atoms with Crippen LogP contribution in [-0.2, 0) is 0 Å². The van der Waals surface area contributed by atoms with Gasteiger partial charge in [0.05, 0.1) is 7.11 Å². The minimum atomic E-state index is 0.199. The number of halogens is 1. The van der Waals surface area contributed by atoms with Gasteiger partial charge in [0.2, 0.25) is 0 Å². The first-order chi connectivity index (χ1) is 8.24. The van der Waals surface area contributed by atoms with Crippen molar-refractivity contribution in [2.45, 2.75) is 31.7 Å². The predicted octanol–water partition coefficient (Wildman–Crippen LogP) is 3.15. The van der Waals surface area contributed by atoms with Crippen LogP contribution >= 0.6 is 15.9 Å². The molecule has 1 atom stereocenters. The summed E-state index contributed by atoms with van der Waals surface area (Å²) in [5.74, 6) is 7.37. The Kier molecular flexibility index (Phi) is 4.42. The van der Waals surface area contributed by atoms with Crippen LogP contribution in [0.5, 0.6) is 5.75 Å². The molecule has 0 radical (unpaired) electrons. The van der Waals surface area contributed by atoms with Crippen LogP contribution in [0.2, 0.25) is 0 Å². The van der Waals surface area contributed by atoms with Gasteiger partial charge in [-0.2, -0.15) is 0 Å². The van der Waals surface area contributed by atoms with Gasteiger partial charge in [-0.1, -0.05) is 35.2 Å². The Morgan fingerprint density at radius 2 is 2.29 bits per heavy atom. The van der Waals surface area contributed by atoms with Crippen molar-refractivity contribution in [3.63, 3.8) is 0 Å². The second kappa shape index (κ2) is 5.85. The standard InChI is InChI=1S/C13H19BrN2O/c1-17-10-5-6-12(14)11(8-10)13(16-15)7-9-3-2-4-9/h5-6,8-9,13,16H,2-4,7,15H2,1H3. The highest BCUT2D eigenvalue weighted by molar-refractivity contribution is 9.10. The summed E-state index contributed by atoms with van der Waals surface area (Å²) in [6.45, 7) is 0. The average Bonchev–Trinajstić information content (AvgIpc) is 2.29. The molecule has 1 aliphatic carbocycles. The van der Waals surface area contributed by atoms with Crippen LogP contribution in [0, 0.1) is 5.92 Å². The number of methoxy groups -OCH3 is 1. The number of rotatable bonds is 5. The second-order valence-electron chi connectivity index (χ2n) is 4.64. The Bertz CT molecular complexity index is 380. The fraction of sp³-hybridized carbons (Fsp3) is 0.538. The lowest BCUT2D eigenvalue weighted by atomic mass is 9.80. The number of ether oxygens (including phenoxy) is 1. The predicted molar refractivity (Wildman–Crippen MR) is 72.7 cm³/mol. The van der Waals surface area contributed by atoms with Gasteiger partial charge in [-0.3, -0.25) is 11.3 Å². The lowest BCUT2D eigenvalue weighted by Gasteiger charge is -2.30. The average molecular weight is 299 g/mol. The maximum absolute atomic E-state index is 5.68. The zero-order chi connectivity index (χ0) is 12.3. The van der Waals surface area contributed by atoms with Crippen molar-refractivity contribution in [2.24, 2.45) is 11.8 Å². The molecule has 3 N–H and O–H groups in total. The highest BCUT2D eigenvalue weighted by atomic mass is 79.9. The maximum atomic E-state index is 5.68. The molecule has 1 fully saturated rings. The van der Waals surface area contributed by atoms with E-state index in [1.165, 1.54) is 24.8 Å². The summed E-state index contributed by atoms with van der Waals surface area (Å²) in [5, 5.41) is 0. The number of nitrogens with one attached hydrogen (secondary N) is 1. The molecule has 1 unspecified atom stereocenters. The van der Waals surface area contributed by atoms with Crippen LogP contribution in [0.15, 0.2) is 22.7 Å². The summed E-state index contributed by atoms with van der Waals surface area (Å²) in [6, 6.07) is 6.21. The summed E-state index contributed by atoms with van der Waals surface area (Å²) in [4.78, 5) is 0. The molecule has 94 valence electrons. The summed E-state index contributed by atoms with van der Waals surface area (Å²) < 4.78 is 6.34. The van der Waals surface area contributed by atoms with Crippen LogP contribution in [0.4, 0.5) is 0 Å². The van der Waals surface area contributed by atoms with Crippen molar-refractivity contribution in [1.29, 1.82) is 0 Å². The Balaban J connectivity index is 2.15. The molecule has 0 amide bonds. The molecular weight excluding hydrogens is 280 g/mol. The molecule has 2 rings (SSSR count). The molecule has 4 heteroatoms. The van der Waals surface area contributed by atoms with E-state index in [1.807, 2.05) is 18.2 Å². The number of benzene rings is 1. The Hall–Kier alpha value is -0.580. The van der Waals surface area contributed by atoms with E-state index in [9.17, 15) is 0 Å². The number of nitrogens with two attached hydrogens (primary N) is 1. The van der Waals surface area contributed by atoms with Crippen molar-refractivity contribution in [3.8, 4) is 5.75 Å². The molecule has 0 bridgehead atoms. The van der Waals surface area contributed by atoms with Crippen LogP contribution < -0.4 is 16.0 Å². The first-order valence-electron chi connectivity index (χ1n) is 6.04. The minimum Gasteiger partial charge on any atom is -0.497 e. The van der Waals surface area contributed by atoms with E-state index < -0.39 is 0 Å². The Morgan fingerprint density at radius 1 is 1.53 bits per heavy atom. The molecule has 0 aromatic heterocycles. The molecule has 0 saturated heterocycles. The number of hydrazine groups is 1. The smallest absolute Gasteiger partial charge is 0.119 e. The van der Waals surface area contributed by atoms with Crippen LogP contribution in [0.3, 0.4) is 0 Å². The quantitative estimate of drug-likeness (QED) is 0.648.